The van der Waals surface area contributed by atoms with Crippen molar-refractivity contribution in [3.05, 3.63) is 63.7 Å². The fraction of sp³-hybridized carbons (Fsp3) is 0.167. The maximum atomic E-state index is 13.0. The molecule has 0 aliphatic rings. The largest absolute Gasteiger partial charge is 0.451 e. The third-order valence-electron chi connectivity index (χ3n) is 3.77. The highest BCUT2D eigenvalue weighted by Gasteiger charge is 2.20. The number of ether oxygens (including phenoxy) is 1. The van der Waals surface area contributed by atoms with Crippen LogP contribution in [-0.2, 0) is 20.9 Å². The van der Waals surface area contributed by atoms with Crippen molar-refractivity contribution in [2.24, 2.45) is 0 Å². The molecule has 1 heterocycles. The van der Waals surface area contributed by atoms with Crippen LogP contribution in [0.5, 0.6) is 0 Å². The van der Waals surface area contributed by atoms with Gasteiger partial charge in [0, 0.05) is 0 Å². The maximum absolute atomic E-state index is 13.0. The smallest absolute Gasteiger partial charge is 0.328 e. The topological polar surface area (TPSA) is 103 Å². The predicted molar refractivity (Wildman–Crippen MR) is 99.4 cm³/mol. The molecule has 0 bridgehead atoms. The van der Waals surface area contributed by atoms with Crippen LogP contribution in [0, 0.1) is 5.82 Å². The first-order valence-corrected chi connectivity index (χ1v) is 8.51. The molecule has 8 nitrogen and oxygen atoms in total. The van der Waals surface area contributed by atoms with Crippen molar-refractivity contribution in [3.63, 3.8) is 0 Å². The lowest BCUT2D eigenvalue weighted by Crippen LogP contribution is -2.34. The highest BCUT2D eigenvalue weighted by atomic mass is 35.5. The Labute approximate surface area is 162 Å². The molecule has 0 saturated heterocycles. The number of nitrogens with one attached hydrogen (secondary N) is 1. The summed E-state index contributed by atoms with van der Waals surface area (Å²) in [5.74, 6) is -2.07. The van der Waals surface area contributed by atoms with Crippen molar-refractivity contribution >= 4 is 40.1 Å². The molecule has 1 N–H and O–H groups in total. The minimum atomic E-state index is -1.18. The first-order chi connectivity index (χ1) is 13.3. The van der Waals surface area contributed by atoms with Crippen LogP contribution in [0.2, 0.25) is 5.02 Å². The van der Waals surface area contributed by atoms with Crippen molar-refractivity contribution in [1.82, 2.24) is 15.0 Å². The van der Waals surface area contributed by atoms with Crippen molar-refractivity contribution < 1.29 is 18.7 Å². The Bertz CT molecular complexity index is 1120. The van der Waals surface area contributed by atoms with Crippen molar-refractivity contribution in [3.8, 4) is 0 Å². The zero-order valence-corrected chi connectivity index (χ0v) is 15.3. The molecule has 0 spiro atoms. The van der Waals surface area contributed by atoms with Crippen LogP contribution in [0.15, 0.2) is 47.3 Å². The van der Waals surface area contributed by atoms with Crippen molar-refractivity contribution in [2.75, 3.05) is 5.32 Å². The summed E-state index contributed by atoms with van der Waals surface area (Å²) in [6.45, 7) is 0.838. The van der Waals surface area contributed by atoms with E-state index >= 15 is 0 Å². The fourth-order valence-electron chi connectivity index (χ4n) is 2.36. The molecule has 1 aromatic heterocycles. The molecular weight excluding hydrogens is 391 g/mol. The molecule has 0 aliphatic heterocycles. The Morgan fingerprint density at radius 2 is 2.04 bits per heavy atom. The first kappa shape index (κ1) is 19.4. The van der Waals surface area contributed by atoms with Gasteiger partial charge in [-0.2, -0.15) is 4.68 Å². The third-order valence-corrected chi connectivity index (χ3v) is 4.09. The molecule has 0 saturated carbocycles. The molecule has 3 aromatic rings. The van der Waals surface area contributed by atoms with E-state index in [1.165, 1.54) is 13.0 Å². The van der Waals surface area contributed by atoms with Gasteiger partial charge in [0.15, 0.2) is 6.10 Å². The van der Waals surface area contributed by atoms with E-state index in [0.29, 0.717) is 10.9 Å². The van der Waals surface area contributed by atoms with Crippen LogP contribution in [0.25, 0.3) is 10.9 Å². The molecule has 0 aliphatic carbocycles. The summed E-state index contributed by atoms with van der Waals surface area (Å²) < 4.78 is 18.9. The Morgan fingerprint density at radius 3 is 2.79 bits per heavy atom. The van der Waals surface area contributed by atoms with Gasteiger partial charge in [-0.3, -0.25) is 14.4 Å². The second-order valence-corrected chi connectivity index (χ2v) is 6.22. The van der Waals surface area contributed by atoms with Gasteiger partial charge in [-0.25, -0.2) is 4.39 Å². The van der Waals surface area contributed by atoms with Crippen molar-refractivity contribution in [1.29, 1.82) is 0 Å². The minimum absolute atomic E-state index is 0.00451. The van der Waals surface area contributed by atoms with Gasteiger partial charge in [0.1, 0.15) is 17.9 Å². The number of hydrogen-bond donors (Lipinski definition) is 1. The number of esters is 1. The normalized spacial score (nSPS) is 11.8. The van der Waals surface area contributed by atoms with Gasteiger partial charge in [0.25, 0.3) is 11.5 Å². The van der Waals surface area contributed by atoms with E-state index in [-0.39, 0.29) is 10.7 Å². The number of aromatic nitrogens is 3. The van der Waals surface area contributed by atoms with E-state index in [1.807, 2.05) is 0 Å². The van der Waals surface area contributed by atoms with E-state index in [9.17, 15) is 18.8 Å². The monoisotopic (exact) mass is 404 g/mol. The molecule has 1 amide bonds. The summed E-state index contributed by atoms with van der Waals surface area (Å²) in [7, 11) is 0. The standard InChI is InChI=1S/C18H14ClFN4O4/c1-10(17(26)21-15-7-6-11(20)8-13(15)19)28-16(25)9-24-18(27)12-4-2-3-5-14(12)22-23-24/h2-8,10H,9H2,1H3,(H,21,26). The first-order valence-electron chi connectivity index (χ1n) is 8.13. The van der Waals surface area contributed by atoms with Crippen LogP contribution in [0.3, 0.4) is 0 Å². The van der Waals surface area contributed by atoms with E-state index in [0.717, 1.165) is 16.8 Å². The highest BCUT2D eigenvalue weighted by molar-refractivity contribution is 6.33. The SMILES string of the molecule is CC(OC(=O)Cn1nnc2ccccc2c1=O)C(=O)Nc1ccc(F)cc1Cl. The molecule has 3 rings (SSSR count). The van der Waals surface area contributed by atoms with E-state index < -0.39 is 35.9 Å². The lowest BCUT2D eigenvalue weighted by molar-refractivity contribution is -0.154. The summed E-state index contributed by atoms with van der Waals surface area (Å²) in [4.78, 5) is 36.5. The van der Waals surface area contributed by atoms with E-state index in [1.54, 1.807) is 24.3 Å². The molecular formula is C18H14ClFN4O4. The molecule has 1 unspecified atom stereocenters. The second-order valence-electron chi connectivity index (χ2n) is 5.81. The number of benzene rings is 2. The molecule has 10 heteroatoms. The lowest BCUT2D eigenvalue weighted by Gasteiger charge is -2.14. The number of anilines is 1. The molecule has 0 fully saturated rings. The Kier molecular flexibility index (Phi) is 5.65. The van der Waals surface area contributed by atoms with Crippen LogP contribution in [-0.4, -0.2) is 33.0 Å². The third kappa shape index (κ3) is 4.32. The number of carbonyl (C=O) groups excluding carboxylic acids is 2. The number of hydrogen-bond acceptors (Lipinski definition) is 6. The van der Waals surface area contributed by atoms with Gasteiger partial charge in [-0.1, -0.05) is 28.9 Å². The van der Waals surface area contributed by atoms with Gasteiger partial charge in [-0.15, -0.1) is 5.10 Å². The summed E-state index contributed by atoms with van der Waals surface area (Å²) in [5, 5.41) is 10.3. The van der Waals surface area contributed by atoms with Gasteiger partial charge >= 0.3 is 5.97 Å². The molecule has 144 valence electrons. The van der Waals surface area contributed by atoms with Crippen LogP contribution in [0.1, 0.15) is 6.92 Å². The summed E-state index contributed by atoms with van der Waals surface area (Å²) in [6, 6.07) is 10.0. The Morgan fingerprint density at radius 1 is 1.29 bits per heavy atom. The maximum Gasteiger partial charge on any atom is 0.328 e. The van der Waals surface area contributed by atoms with Crippen LogP contribution >= 0.6 is 11.6 Å². The molecule has 2 aromatic carbocycles. The van der Waals surface area contributed by atoms with Crippen LogP contribution in [0.4, 0.5) is 10.1 Å². The Balaban J connectivity index is 1.65. The van der Waals surface area contributed by atoms with Gasteiger partial charge < -0.3 is 10.1 Å². The number of fused-ring (bicyclic) bond motifs is 1. The number of nitrogens with zero attached hydrogens (tertiary/aromatic N) is 3. The number of carbonyl (C=O) groups is 2. The zero-order valence-electron chi connectivity index (χ0n) is 14.6. The molecule has 28 heavy (non-hydrogen) atoms. The van der Waals surface area contributed by atoms with E-state index in [4.69, 9.17) is 16.3 Å². The molecule has 1 atom stereocenters. The quantitative estimate of drug-likeness (QED) is 0.653. The van der Waals surface area contributed by atoms with Gasteiger partial charge in [0.05, 0.1) is 16.1 Å². The summed E-state index contributed by atoms with van der Waals surface area (Å²) in [6.07, 6.45) is -1.18. The van der Waals surface area contributed by atoms with Gasteiger partial charge in [-0.05, 0) is 37.3 Å². The number of amides is 1. The minimum Gasteiger partial charge on any atom is -0.451 e. The number of halogens is 2. The Hall–Kier alpha value is -3.33. The van der Waals surface area contributed by atoms with Gasteiger partial charge in [0.2, 0.25) is 0 Å². The predicted octanol–water partition coefficient (Wildman–Crippen LogP) is 2.15. The zero-order chi connectivity index (χ0) is 20.3. The van der Waals surface area contributed by atoms with Crippen LogP contribution < -0.4 is 10.9 Å². The summed E-state index contributed by atoms with van der Waals surface area (Å²) >= 11 is 5.84. The fourth-order valence-corrected chi connectivity index (χ4v) is 2.58. The molecule has 0 radical (unpaired) electrons. The summed E-state index contributed by atoms with van der Waals surface area (Å²) in [5.41, 5.74) is 0.0753. The second kappa shape index (κ2) is 8.13. The average Bonchev–Trinajstić information content (AvgIpc) is 2.66. The van der Waals surface area contributed by atoms with Crippen molar-refractivity contribution in [2.45, 2.75) is 19.6 Å². The lowest BCUT2D eigenvalue weighted by atomic mass is 10.2. The number of rotatable bonds is 5. The van der Waals surface area contributed by atoms with E-state index in [2.05, 4.69) is 15.6 Å². The average molecular weight is 405 g/mol. The highest BCUT2D eigenvalue weighted by Crippen LogP contribution is 2.22.